The molecule has 5 heterocycles. The molecule has 10 heteroatoms. The summed E-state index contributed by atoms with van der Waals surface area (Å²) in [5.41, 5.74) is 12.0. The molecule has 0 aliphatic carbocycles. The molecule has 0 spiro atoms. The van der Waals surface area contributed by atoms with Crippen LogP contribution in [0.15, 0.2) is 42.5 Å². The number of benzene rings is 1. The summed E-state index contributed by atoms with van der Waals surface area (Å²) in [4.78, 5) is 17.8. The summed E-state index contributed by atoms with van der Waals surface area (Å²) < 4.78 is 11.4. The SMILES string of the molecule is Cc1nnn(C)c1-c1ccc2c3c(c(C(N)=O)nn3C)n(C(c3ccccc3)C3CCOCC3)c2n1. The minimum absolute atomic E-state index is 0.0779. The fourth-order valence-electron chi connectivity index (χ4n) is 5.66. The lowest BCUT2D eigenvalue weighted by Crippen LogP contribution is -2.27. The molecule has 1 aliphatic rings. The van der Waals surface area contributed by atoms with E-state index in [2.05, 4.69) is 32.1 Å². The van der Waals surface area contributed by atoms with Crippen molar-refractivity contribution in [2.45, 2.75) is 25.8 Å². The number of amides is 1. The molecular weight excluding hydrogens is 456 g/mol. The first-order chi connectivity index (χ1) is 17.5. The quantitative estimate of drug-likeness (QED) is 0.409. The Balaban J connectivity index is 1.72. The van der Waals surface area contributed by atoms with Gasteiger partial charge in [-0.15, -0.1) is 5.10 Å². The van der Waals surface area contributed by atoms with Gasteiger partial charge in [0.25, 0.3) is 5.91 Å². The van der Waals surface area contributed by atoms with Crippen LogP contribution in [0.3, 0.4) is 0 Å². The van der Waals surface area contributed by atoms with Crippen molar-refractivity contribution < 1.29 is 9.53 Å². The van der Waals surface area contributed by atoms with Gasteiger partial charge in [-0.1, -0.05) is 35.5 Å². The third kappa shape index (κ3) is 3.40. The molecule has 1 aliphatic heterocycles. The van der Waals surface area contributed by atoms with E-state index in [0.717, 1.165) is 52.0 Å². The molecule has 1 amide bonds. The molecule has 2 N–H and O–H groups in total. The summed E-state index contributed by atoms with van der Waals surface area (Å²) >= 11 is 0. The lowest BCUT2D eigenvalue weighted by atomic mass is 9.86. The highest BCUT2D eigenvalue weighted by atomic mass is 16.5. The molecule has 0 bridgehead atoms. The van der Waals surface area contributed by atoms with Crippen LogP contribution < -0.4 is 5.73 Å². The van der Waals surface area contributed by atoms with Gasteiger partial charge in [-0.05, 0) is 43.4 Å². The van der Waals surface area contributed by atoms with Crippen molar-refractivity contribution in [2.24, 2.45) is 25.7 Å². The number of nitrogens with two attached hydrogens (primary N) is 1. The zero-order chi connectivity index (χ0) is 25.0. The molecule has 1 saturated heterocycles. The molecule has 4 aromatic heterocycles. The average molecular weight is 485 g/mol. The molecule has 5 aromatic rings. The normalized spacial score (nSPS) is 15.6. The largest absolute Gasteiger partial charge is 0.381 e. The number of primary amides is 1. The minimum atomic E-state index is -0.560. The van der Waals surface area contributed by atoms with Crippen LogP contribution >= 0.6 is 0 Å². The highest BCUT2D eigenvalue weighted by Gasteiger charge is 2.33. The molecule has 6 rings (SSSR count). The summed E-state index contributed by atoms with van der Waals surface area (Å²) in [6.45, 7) is 3.32. The van der Waals surface area contributed by atoms with Gasteiger partial charge in [0.15, 0.2) is 5.69 Å². The third-order valence-electron chi connectivity index (χ3n) is 7.22. The summed E-state index contributed by atoms with van der Waals surface area (Å²) in [6.07, 6.45) is 1.80. The van der Waals surface area contributed by atoms with E-state index >= 15 is 0 Å². The second-order valence-electron chi connectivity index (χ2n) is 9.42. The van der Waals surface area contributed by atoms with Crippen molar-refractivity contribution in [3.8, 4) is 11.4 Å². The Hall–Kier alpha value is -4.05. The number of carbonyl (C=O) groups excluding carboxylic acids is 1. The smallest absolute Gasteiger partial charge is 0.271 e. The predicted molar refractivity (Wildman–Crippen MR) is 135 cm³/mol. The molecule has 184 valence electrons. The van der Waals surface area contributed by atoms with E-state index in [1.54, 1.807) is 9.36 Å². The van der Waals surface area contributed by atoms with Crippen LogP contribution in [0.2, 0.25) is 0 Å². The van der Waals surface area contributed by atoms with E-state index in [0.29, 0.717) is 18.7 Å². The van der Waals surface area contributed by atoms with Crippen molar-refractivity contribution in [1.82, 2.24) is 34.3 Å². The summed E-state index contributed by atoms with van der Waals surface area (Å²) in [6, 6.07) is 14.3. The maximum Gasteiger partial charge on any atom is 0.271 e. The van der Waals surface area contributed by atoms with Crippen molar-refractivity contribution in [1.29, 1.82) is 0 Å². The summed E-state index contributed by atoms with van der Waals surface area (Å²) in [5, 5.41) is 13.8. The van der Waals surface area contributed by atoms with Crippen LogP contribution in [-0.2, 0) is 18.8 Å². The zero-order valence-corrected chi connectivity index (χ0v) is 20.5. The summed E-state index contributed by atoms with van der Waals surface area (Å²) in [5.74, 6) is -0.276. The van der Waals surface area contributed by atoms with Gasteiger partial charge in [-0.2, -0.15) is 5.10 Å². The van der Waals surface area contributed by atoms with Gasteiger partial charge in [0.2, 0.25) is 0 Å². The lowest BCUT2D eigenvalue weighted by Gasteiger charge is -2.32. The van der Waals surface area contributed by atoms with Crippen LogP contribution in [0, 0.1) is 12.8 Å². The van der Waals surface area contributed by atoms with Gasteiger partial charge < -0.3 is 15.0 Å². The van der Waals surface area contributed by atoms with E-state index < -0.39 is 5.91 Å². The monoisotopic (exact) mass is 484 g/mol. The molecular formula is C26H28N8O2. The number of aromatic nitrogens is 7. The molecule has 36 heavy (non-hydrogen) atoms. The number of hydrogen-bond donors (Lipinski definition) is 1. The van der Waals surface area contributed by atoms with E-state index in [4.69, 9.17) is 15.5 Å². The van der Waals surface area contributed by atoms with Crippen LogP contribution in [0.5, 0.6) is 0 Å². The maximum absolute atomic E-state index is 12.6. The van der Waals surface area contributed by atoms with Crippen molar-refractivity contribution in [2.75, 3.05) is 13.2 Å². The second-order valence-corrected chi connectivity index (χ2v) is 9.42. The third-order valence-corrected chi connectivity index (χ3v) is 7.22. The van der Waals surface area contributed by atoms with Crippen LogP contribution in [0.4, 0.5) is 0 Å². The fraction of sp³-hybridized carbons (Fsp3) is 0.346. The average Bonchev–Trinajstić information content (AvgIpc) is 3.52. The number of carbonyl (C=O) groups is 1. The Morgan fingerprint density at radius 1 is 1.06 bits per heavy atom. The molecule has 10 nitrogen and oxygen atoms in total. The number of rotatable bonds is 5. The Bertz CT molecular complexity index is 1570. The first-order valence-corrected chi connectivity index (χ1v) is 12.1. The highest BCUT2D eigenvalue weighted by molar-refractivity contribution is 6.13. The molecule has 0 radical (unpaired) electrons. The Kier molecular flexibility index (Phi) is 5.33. The van der Waals surface area contributed by atoms with Crippen LogP contribution in [0.25, 0.3) is 33.5 Å². The Morgan fingerprint density at radius 2 is 1.81 bits per heavy atom. The van der Waals surface area contributed by atoms with Crippen molar-refractivity contribution in [3.63, 3.8) is 0 Å². The number of fused-ring (bicyclic) bond motifs is 3. The number of hydrogen-bond acceptors (Lipinski definition) is 6. The predicted octanol–water partition coefficient (Wildman–Crippen LogP) is 3.14. The highest BCUT2D eigenvalue weighted by Crippen LogP contribution is 2.41. The number of aryl methyl sites for hydroxylation is 3. The van der Waals surface area contributed by atoms with Gasteiger partial charge in [0.05, 0.1) is 22.9 Å². The maximum atomic E-state index is 12.6. The van der Waals surface area contributed by atoms with Crippen molar-refractivity contribution >= 4 is 28.0 Å². The van der Waals surface area contributed by atoms with Gasteiger partial charge in [-0.3, -0.25) is 9.48 Å². The first kappa shape index (κ1) is 22.4. The standard InChI is InChI=1S/C26H28N8O2/c1-15-21(33(3)31-29-15)19-10-9-18-23-24(20(25(27)35)30-32(23)2)34(26(18)28-19)22(16-7-5-4-6-8-16)17-11-13-36-14-12-17/h4-10,17,22H,11-14H2,1-3H3,(H2,27,35). The number of nitrogens with zero attached hydrogens (tertiary/aromatic N) is 7. The molecule has 1 atom stereocenters. The van der Waals surface area contributed by atoms with Gasteiger partial charge in [0, 0.05) is 32.7 Å². The number of pyridine rings is 1. The Labute approximate surface area is 207 Å². The van der Waals surface area contributed by atoms with Crippen molar-refractivity contribution in [3.05, 3.63) is 59.4 Å². The minimum Gasteiger partial charge on any atom is -0.381 e. The van der Waals surface area contributed by atoms with E-state index in [9.17, 15) is 4.79 Å². The van der Waals surface area contributed by atoms with E-state index in [-0.39, 0.29) is 17.7 Å². The van der Waals surface area contributed by atoms with E-state index in [1.807, 2.05) is 51.4 Å². The molecule has 1 unspecified atom stereocenters. The topological polar surface area (TPSA) is 119 Å². The summed E-state index contributed by atoms with van der Waals surface area (Å²) in [7, 11) is 3.70. The first-order valence-electron chi connectivity index (χ1n) is 12.1. The zero-order valence-electron chi connectivity index (χ0n) is 20.5. The van der Waals surface area contributed by atoms with E-state index in [1.165, 1.54) is 0 Å². The molecule has 1 aromatic carbocycles. The molecule has 0 saturated carbocycles. The number of ether oxygens (including phenoxy) is 1. The Morgan fingerprint density at radius 3 is 2.47 bits per heavy atom. The lowest BCUT2D eigenvalue weighted by molar-refractivity contribution is 0.0552. The van der Waals surface area contributed by atoms with Gasteiger partial charge in [-0.25, -0.2) is 9.67 Å². The second kappa shape index (κ2) is 8.56. The van der Waals surface area contributed by atoms with Crippen LogP contribution in [0.1, 0.15) is 40.6 Å². The van der Waals surface area contributed by atoms with Gasteiger partial charge in [0.1, 0.15) is 16.9 Å². The van der Waals surface area contributed by atoms with Crippen LogP contribution in [-0.4, -0.2) is 53.4 Å². The fourth-order valence-corrected chi connectivity index (χ4v) is 5.66. The molecule has 1 fully saturated rings. The van der Waals surface area contributed by atoms with Gasteiger partial charge >= 0.3 is 0 Å².